The Hall–Kier alpha value is -2.11. The molecule has 0 bridgehead atoms. The highest BCUT2D eigenvalue weighted by Crippen LogP contribution is 2.08. The number of hydrogen-bond donors (Lipinski definition) is 2. The molecule has 19 heavy (non-hydrogen) atoms. The van der Waals surface area contributed by atoms with Crippen molar-refractivity contribution in [3.63, 3.8) is 0 Å². The molecule has 2 N–H and O–H groups in total. The van der Waals surface area contributed by atoms with Gasteiger partial charge in [0.05, 0.1) is 0 Å². The third-order valence-corrected chi connectivity index (χ3v) is 2.83. The second kappa shape index (κ2) is 6.72. The topological polar surface area (TPSA) is 67.7 Å². The average molecular weight is 260 g/mol. The Balaban J connectivity index is 1.84. The zero-order valence-electron chi connectivity index (χ0n) is 11.4. The summed E-state index contributed by atoms with van der Waals surface area (Å²) in [5.74, 6) is 1.70. The first-order valence-corrected chi connectivity index (χ1v) is 6.56. The van der Waals surface area contributed by atoms with Crippen LogP contribution in [0.3, 0.4) is 0 Å². The molecule has 0 aliphatic heterocycles. The van der Waals surface area contributed by atoms with Crippen LogP contribution in [0.5, 0.6) is 0 Å². The molecular weight excluding hydrogens is 240 g/mol. The fourth-order valence-corrected chi connectivity index (χ4v) is 1.77. The van der Waals surface area contributed by atoms with Crippen LogP contribution in [0.2, 0.25) is 0 Å². The molecular formula is C13H20N6. The van der Waals surface area contributed by atoms with Crippen molar-refractivity contribution in [3.05, 3.63) is 30.4 Å². The molecule has 6 heteroatoms. The normalized spacial score (nSPS) is 10.4. The second-order valence-corrected chi connectivity index (χ2v) is 4.34. The predicted molar refractivity (Wildman–Crippen MR) is 76.2 cm³/mol. The number of anilines is 2. The van der Waals surface area contributed by atoms with Crippen LogP contribution in [0.1, 0.15) is 19.0 Å². The molecule has 0 atom stereocenters. The molecule has 0 amide bonds. The standard InChI is InChI=1S/C13H20N6/c1-3-6-14-12-9-13(17-10-16-12)15-7-4-11-5-8-18-19(11)2/h5,8-10H,3-4,6-7H2,1-2H3,(H2,14,15,16,17). The lowest BCUT2D eigenvalue weighted by Gasteiger charge is -2.08. The summed E-state index contributed by atoms with van der Waals surface area (Å²) in [4.78, 5) is 8.38. The molecule has 0 aliphatic rings. The second-order valence-electron chi connectivity index (χ2n) is 4.34. The van der Waals surface area contributed by atoms with E-state index in [1.54, 1.807) is 6.33 Å². The maximum Gasteiger partial charge on any atom is 0.131 e. The van der Waals surface area contributed by atoms with Gasteiger partial charge in [-0.15, -0.1) is 0 Å². The summed E-state index contributed by atoms with van der Waals surface area (Å²) in [5.41, 5.74) is 1.20. The smallest absolute Gasteiger partial charge is 0.131 e. The number of nitrogens with one attached hydrogen (secondary N) is 2. The molecule has 6 nitrogen and oxygen atoms in total. The molecule has 0 radical (unpaired) electrons. The van der Waals surface area contributed by atoms with Crippen molar-refractivity contribution in [2.45, 2.75) is 19.8 Å². The predicted octanol–water partition coefficient (Wildman–Crippen LogP) is 1.69. The minimum atomic E-state index is 0.823. The summed E-state index contributed by atoms with van der Waals surface area (Å²) in [6.45, 7) is 3.87. The number of aryl methyl sites for hydroxylation is 1. The molecule has 0 aromatic carbocycles. The van der Waals surface area contributed by atoms with Gasteiger partial charge in [-0.1, -0.05) is 6.92 Å². The van der Waals surface area contributed by atoms with Crippen LogP contribution < -0.4 is 10.6 Å². The summed E-state index contributed by atoms with van der Waals surface area (Å²) in [6, 6.07) is 3.95. The van der Waals surface area contributed by atoms with Gasteiger partial charge in [-0.05, 0) is 12.5 Å². The molecule has 102 valence electrons. The van der Waals surface area contributed by atoms with Gasteiger partial charge in [-0.25, -0.2) is 9.97 Å². The zero-order valence-corrected chi connectivity index (χ0v) is 11.4. The number of aromatic nitrogens is 4. The lowest BCUT2D eigenvalue weighted by Crippen LogP contribution is -2.10. The van der Waals surface area contributed by atoms with Crippen LogP contribution in [0.15, 0.2) is 24.7 Å². The molecule has 0 saturated carbocycles. The summed E-state index contributed by atoms with van der Waals surface area (Å²) in [5, 5.41) is 10.7. The molecule has 0 saturated heterocycles. The monoisotopic (exact) mass is 260 g/mol. The van der Waals surface area contributed by atoms with Crippen LogP contribution in [0.25, 0.3) is 0 Å². The zero-order chi connectivity index (χ0) is 13.5. The number of rotatable bonds is 7. The van der Waals surface area contributed by atoms with E-state index in [9.17, 15) is 0 Å². The minimum Gasteiger partial charge on any atom is -0.370 e. The molecule has 2 rings (SSSR count). The van der Waals surface area contributed by atoms with E-state index in [-0.39, 0.29) is 0 Å². The van der Waals surface area contributed by atoms with E-state index < -0.39 is 0 Å². The molecule has 0 aliphatic carbocycles. The highest BCUT2D eigenvalue weighted by molar-refractivity contribution is 5.46. The molecule has 2 aromatic heterocycles. The summed E-state index contributed by atoms with van der Waals surface area (Å²) in [6.07, 6.45) is 5.38. The van der Waals surface area contributed by atoms with Crippen molar-refractivity contribution >= 4 is 11.6 Å². The first kappa shape index (κ1) is 13.3. The van der Waals surface area contributed by atoms with E-state index in [4.69, 9.17) is 0 Å². The van der Waals surface area contributed by atoms with Gasteiger partial charge < -0.3 is 10.6 Å². The van der Waals surface area contributed by atoms with Gasteiger partial charge in [0.1, 0.15) is 18.0 Å². The van der Waals surface area contributed by atoms with Gasteiger partial charge >= 0.3 is 0 Å². The molecule has 2 heterocycles. The van der Waals surface area contributed by atoms with E-state index in [0.717, 1.165) is 37.6 Å². The van der Waals surface area contributed by atoms with Crippen LogP contribution in [-0.2, 0) is 13.5 Å². The van der Waals surface area contributed by atoms with Crippen molar-refractivity contribution < 1.29 is 0 Å². The summed E-state index contributed by atoms with van der Waals surface area (Å²) >= 11 is 0. The Morgan fingerprint density at radius 1 is 1.16 bits per heavy atom. The summed E-state index contributed by atoms with van der Waals surface area (Å²) in [7, 11) is 1.95. The van der Waals surface area contributed by atoms with E-state index in [2.05, 4.69) is 32.6 Å². The first-order valence-electron chi connectivity index (χ1n) is 6.56. The lowest BCUT2D eigenvalue weighted by molar-refractivity contribution is 0.711. The molecule has 0 fully saturated rings. The van der Waals surface area contributed by atoms with Gasteiger partial charge in [0.25, 0.3) is 0 Å². The van der Waals surface area contributed by atoms with E-state index in [1.165, 1.54) is 5.69 Å². The molecule has 0 unspecified atom stereocenters. The minimum absolute atomic E-state index is 0.823. The fourth-order valence-electron chi connectivity index (χ4n) is 1.77. The maximum absolute atomic E-state index is 4.20. The molecule has 0 spiro atoms. The third kappa shape index (κ3) is 3.94. The van der Waals surface area contributed by atoms with Crippen molar-refractivity contribution in [2.24, 2.45) is 7.05 Å². The van der Waals surface area contributed by atoms with E-state index >= 15 is 0 Å². The van der Waals surface area contributed by atoms with E-state index in [0.29, 0.717) is 0 Å². The largest absolute Gasteiger partial charge is 0.370 e. The van der Waals surface area contributed by atoms with Crippen LogP contribution in [0.4, 0.5) is 11.6 Å². The Morgan fingerprint density at radius 2 is 1.89 bits per heavy atom. The van der Waals surface area contributed by atoms with Gasteiger partial charge in [-0.3, -0.25) is 4.68 Å². The van der Waals surface area contributed by atoms with Crippen molar-refractivity contribution in [1.82, 2.24) is 19.7 Å². The average Bonchev–Trinajstić information content (AvgIpc) is 2.83. The quantitative estimate of drug-likeness (QED) is 0.793. The SMILES string of the molecule is CCCNc1cc(NCCc2ccnn2C)ncn1. The number of hydrogen-bond acceptors (Lipinski definition) is 5. The Kier molecular flexibility index (Phi) is 4.72. The van der Waals surface area contributed by atoms with Crippen LogP contribution in [-0.4, -0.2) is 32.8 Å². The van der Waals surface area contributed by atoms with Crippen LogP contribution >= 0.6 is 0 Å². The van der Waals surface area contributed by atoms with Crippen molar-refractivity contribution in [2.75, 3.05) is 23.7 Å². The van der Waals surface area contributed by atoms with Gasteiger partial charge in [0.15, 0.2) is 0 Å². The molecule has 2 aromatic rings. The number of nitrogens with zero attached hydrogens (tertiary/aromatic N) is 4. The van der Waals surface area contributed by atoms with Crippen molar-refractivity contribution in [3.8, 4) is 0 Å². The van der Waals surface area contributed by atoms with E-state index in [1.807, 2.05) is 30.1 Å². The van der Waals surface area contributed by atoms with Crippen LogP contribution in [0, 0.1) is 0 Å². The lowest BCUT2D eigenvalue weighted by atomic mass is 10.3. The first-order chi connectivity index (χ1) is 9.29. The maximum atomic E-state index is 4.20. The highest BCUT2D eigenvalue weighted by Gasteiger charge is 2.00. The van der Waals surface area contributed by atoms with Crippen molar-refractivity contribution in [1.29, 1.82) is 0 Å². The fraction of sp³-hybridized carbons (Fsp3) is 0.462. The third-order valence-electron chi connectivity index (χ3n) is 2.83. The highest BCUT2D eigenvalue weighted by atomic mass is 15.3. The summed E-state index contributed by atoms with van der Waals surface area (Å²) < 4.78 is 1.88. The Morgan fingerprint density at radius 3 is 2.53 bits per heavy atom. The Labute approximate surface area is 113 Å². The van der Waals surface area contributed by atoms with Gasteiger partial charge in [0.2, 0.25) is 0 Å². The Bertz CT molecular complexity index is 507. The van der Waals surface area contributed by atoms with Gasteiger partial charge in [0, 0.05) is 44.5 Å². The van der Waals surface area contributed by atoms with Gasteiger partial charge in [-0.2, -0.15) is 5.10 Å².